The summed E-state index contributed by atoms with van der Waals surface area (Å²) in [6, 6.07) is 13.6. The third-order valence-corrected chi connectivity index (χ3v) is 4.04. The van der Waals surface area contributed by atoms with Gasteiger partial charge in [-0.2, -0.15) is 10.2 Å². The van der Waals surface area contributed by atoms with Crippen LogP contribution in [0.2, 0.25) is 5.02 Å². The second-order valence-electron chi connectivity index (χ2n) is 5.88. The molecule has 29 heavy (non-hydrogen) atoms. The van der Waals surface area contributed by atoms with Gasteiger partial charge >= 0.3 is 5.97 Å². The fourth-order valence-corrected chi connectivity index (χ4v) is 2.56. The lowest BCUT2D eigenvalue weighted by molar-refractivity contribution is -0.132. The van der Waals surface area contributed by atoms with Gasteiger partial charge in [0.15, 0.2) is 11.5 Å². The van der Waals surface area contributed by atoms with Crippen molar-refractivity contribution < 1.29 is 19.1 Å². The molecule has 0 bridgehead atoms. The number of methoxy groups -OCH3 is 1. The summed E-state index contributed by atoms with van der Waals surface area (Å²) in [6.07, 6.45) is 1.44. The maximum Gasteiger partial charge on any atom is 0.308 e. The first-order chi connectivity index (χ1) is 14.0. The van der Waals surface area contributed by atoms with Gasteiger partial charge in [0.1, 0.15) is 5.69 Å². The molecule has 1 amide bonds. The van der Waals surface area contributed by atoms with Crippen molar-refractivity contribution in [3.8, 4) is 22.8 Å². The van der Waals surface area contributed by atoms with Crippen LogP contribution in [0.1, 0.15) is 23.0 Å². The highest BCUT2D eigenvalue weighted by Gasteiger charge is 2.11. The normalized spacial score (nSPS) is 10.7. The number of benzene rings is 2. The second kappa shape index (κ2) is 9.03. The van der Waals surface area contributed by atoms with E-state index < -0.39 is 11.9 Å². The summed E-state index contributed by atoms with van der Waals surface area (Å²) in [6.45, 7) is 1.30. The van der Waals surface area contributed by atoms with Crippen molar-refractivity contribution in [1.82, 2.24) is 15.6 Å². The van der Waals surface area contributed by atoms with Gasteiger partial charge in [-0.05, 0) is 42.0 Å². The highest BCUT2D eigenvalue weighted by molar-refractivity contribution is 6.30. The first-order valence-corrected chi connectivity index (χ1v) is 8.85. The fraction of sp³-hybridized carbons (Fsp3) is 0.100. The Labute approximate surface area is 171 Å². The molecule has 8 nitrogen and oxygen atoms in total. The number of ether oxygens (including phenoxy) is 2. The number of aromatic amines is 1. The van der Waals surface area contributed by atoms with Crippen LogP contribution < -0.4 is 14.9 Å². The minimum absolute atomic E-state index is 0.259. The predicted molar refractivity (Wildman–Crippen MR) is 108 cm³/mol. The molecule has 1 aromatic heterocycles. The quantitative estimate of drug-likeness (QED) is 0.279. The van der Waals surface area contributed by atoms with Gasteiger partial charge in [-0.1, -0.05) is 23.7 Å². The summed E-state index contributed by atoms with van der Waals surface area (Å²) >= 11 is 5.87. The molecule has 0 saturated carbocycles. The van der Waals surface area contributed by atoms with Crippen LogP contribution in [0.3, 0.4) is 0 Å². The van der Waals surface area contributed by atoms with Crippen LogP contribution in [-0.2, 0) is 4.79 Å². The average molecular weight is 413 g/mol. The molecule has 2 N–H and O–H groups in total. The number of esters is 1. The monoisotopic (exact) mass is 412 g/mol. The van der Waals surface area contributed by atoms with Crippen LogP contribution in [0.5, 0.6) is 11.5 Å². The topological polar surface area (TPSA) is 106 Å². The van der Waals surface area contributed by atoms with Crippen molar-refractivity contribution in [2.45, 2.75) is 6.92 Å². The molecule has 9 heteroatoms. The Bertz CT molecular complexity index is 1060. The van der Waals surface area contributed by atoms with Gasteiger partial charge in [-0.25, -0.2) is 5.43 Å². The Balaban J connectivity index is 1.65. The number of aromatic nitrogens is 2. The van der Waals surface area contributed by atoms with E-state index in [1.165, 1.54) is 20.2 Å². The van der Waals surface area contributed by atoms with Crippen molar-refractivity contribution in [2.75, 3.05) is 7.11 Å². The average Bonchev–Trinajstić information content (AvgIpc) is 3.19. The zero-order valence-electron chi connectivity index (χ0n) is 15.6. The number of hydrogen-bond acceptors (Lipinski definition) is 6. The summed E-state index contributed by atoms with van der Waals surface area (Å²) in [5, 5.41) is 11.3. The molecule has 0 aliphatic carbocycles. The zero-order chi connectivity index (χ0) is 20.8. The van der Waals surface area contributed by atoms with E-state index in [1.807, 2.05) is 12.1 Å². The number of rotatable bonds is 6. The third-order valence-electron chi connectivity index (χ3n) is 3.78. The van der Waals surface area contributed by atoms with E-state index in [9.17, 15) is 9.59 Å². The molecule has 1 heterocycles. The lowest BCUT2D eigenvalue weighted by Gasteiger charge is -2.08. The number of nitrogens with one attached hydrogen (secondary N) is 2. The zero-order valence-corrected chi connectivity index (χ0v) is 16.4. The molecule has 0 atom stereocenters. The highest BCUT2D eigenvalue weighted by Crippen LogP contribution is 2.27. The van der Waals surface area contributed by atoms with Crippen molar-refractivity contribution >= 4 is 29.7 Å². The molecule has 2 aromatic carbocycles. The molecule has 3 aromatic rings. The largest absolute Gasteiger partial charge is 0.493 e. The van der Waals surface area contributed by atoms with Crippen molar-refractivity contribution in [3.63, 3.8) is 0 Å². The molecule has 3 rings (SSSR count). The fourth-order valence-electron chi connectivity index (χ4n) is 2.44. The third kappa shape index (κ3) is 5.20. The summed E-state index contributed by atoms with van der Waals surface area (Å²) in [5.41, 5.74) is 4.76. The molecule has 0 aliphatic heterocycles. The smallest absolute Gasteiger partial charge is 0.308 e. The van der Waals surface area contributed by atoms with E-state index in [4.69, 9.17) is 21.1 Å². The number of halogens is 1. The molecule has 0 saturated heterocycles. The van der Waals surface area contributed by atoms with E-state index in [0.717, 1.165) is 5.56 Å². The molecular formula is C20H17ClN4O4. The van der Waals surface area contributed by atoms with E-state index >= 15 is 0 Å². The van der Waals surface area contributed by atoms with Gasteiger partial charge in [0, 0.05) is 17.5 Å². The molecule has 0 aliphatic rings. The summed E-state index contributed by atoms with van der Waals surface area (Å²) in [4.78, 5) is 23.3. The Morgan fingerprint density at radius 1 is 1.14 bits per heavy atom. The van der Waals surface area contributed by atoms with Crippen LogP contribution in [0.25, 0.3) is 11.3 Å². The van der Waals surface area contributed by atoms with E-state index in [-0.39, 0.29) is 5.69 Å². The van der Waals surface area contributed by atoms with Crippen LogP contribution in [-0.4, -0.2) is 35.4 Å². The first kappa shape index (κ1) is 20.1. The van der Waals surface area contributed by atoms with Crippen molar-refractivity contribution in [3.05, 3.63) is 64.8 Å². The van der Waals surface area contributed by atoms with Crippen molar-refractivity contribution in [2.24, 2.45) is 5.10 Å². The lowest BCUT2D eigenvalue weighted by atomic mass is 10.1. The lowest BCUT2D eigenvalue weighted by Crippen LogP contribution is -2.18. The number of carbonyl (C=O) groups excluding carboxylic acids is 2. The maximum atomic E-state index is 12.2. The minimum atomic E-state index is -0.450. The van der Waals surface area contributed by atoms with E-state index in [2.05, 4.69) is 20.7 Å². The molecule has 0 fully saturated rings. The predicted octanol–water partition coefficient (Wildman–Crippen LogP) is 3.43. The number of amides is 1. The molecule has 0 unspecified atom stereocenters. The van der Waals surface area contributed by atoms with Gasteiger partial charge in [-0.15, -0.1) is 0 Å². The molecule has 148 valence electrons. The molecule has 0 spiro atoms. The minimum Gasteiger partial charge on any atom is -0.493 e. The Hall–Kier alpha value is -3.65. The number of H-pyrrole nitrogens is 1. The number of carbonyl (C=O) groups is 2. The Kier molecular flexibility index (Phi) is 6.25. The van der Waals surface area contributed by atoms with Crippen LogP contribution in [0, 0.1) is 0 Å². The summed E-state index contributed by atoms with van der Waals surface area (Å²) in [5.74, 6) is -0.225. The van der Waals surface area contributed by atoms with Crippen molar-refractivity contribution in [1.29, 1.82) is 0 Å². The van der Waals surface area contributed by atoms with E-state index in [0.29, 0.717) is 27.8 Å². The molecule has 0 radical (unpaired) electrons. The van der Waals surface area contributed by atoms with Crippen LogP contribution in [0.4, 0.5) is 0 Å². The Morgan fingerprint density at radius 3 is 2.59 bits per heavy atom. The Morgan fingerprint density at radius 2 is 1.90 bits per heavy atom. The van der Waals surface area contributed by atoms with Gasteiger partial charge in [0.05, 0.1) is 19.0 Å². The standard InChI is InChI=1S/C20H17ClN4O4/c1-12(26)29-18-8-3-13(9-19(18)28-2)11-22-25-20(27)17-10-16(23-24-17)14-4-6-15(21)7-5-14/h3-11H,1-2H3,(H,23,24)(H,25,27)/b22-11-. The molecular weight excluding hydrogens is 396 g/mol. The second-order valence-corrected chi connectivity index (χ2v) is 6.31. The van der Waals surface area contributed by atoms with Crippen LogP contribution >= 0.6 is 11.6 Å². The van der Waals surface area contributed by atoms with Crippen LogP contribution in [0.15, 0.2) is 53.6 Å². The van der Waals surface area contributed by atoms with Gasteiger partial charge in [-0.3, -0.25) is 14.7 Å². The number of hydrazone groups is 1. The number of nitrogens with zero attached hydrogens (tertiary/aromatic N) is 2. The SMILES string of the molecule is COc1cc(/C=N\NC(=O)c2cc(-c3ccc(Cl)cc3)n[nH]2)ccc1OC(C)=O. The van der Waals surface area contributed by atoms with Gasteiger partial charge in [0.2, 0.25) is 0 Å². The summed E-state index contributed by atoms with van der Waals surface area (Å²) in [7, 11) is 1.46. The van der Waals surface area contributed by atoms with Gasteiger partial charge < -0.3 is 9.47 Å². The number of hydrogen-bond donors (Lipinski definition) is 2. The summed E-state index contributed by atoms with van der Waals surface area (Å²) < 4.78 is 10.2. The van der Waals surface area contributed by atoms with Gasteiger partial charge in [0.25, 0.3) is 5.91 Å². The van der Waals surface area contributed by atoms with E-state index in [1.54, 1.807) is 36.4 Å². The maximum absolute atomic E-state index is 12.2. The highest BCUT2D eigenvalue weighted by atomic mass is 35.5. The first-order valence-electron chi connectivity index (χ1n) is 8.47.